The van der Waals surface area contributed by atoms with Crippen LogP contribution in [0.5, 0.6) is 0 Å². The molecule has 23 heavy (non-hydrogen) atoms. The molecule has 0 aliphatic heterocycles. The smallest absolute Gasteiger partial charge is 0.291 e. The van der Waals surface area contributed by atoms with Crippen LogP contribution in [0.3, 0.4) is 0 Å². The molecule has 4 nitrogen and oxygen atoms in total. The molecule has 0 radical (unpaired) electrons. The summed E-state index contributed by atoms with van der Waals surface area (Å²) >= 11 is 0. The van der Waals surface area contributed by atoms with Crippen molar-refractivity contribution in [1.82, 2.24) is 0 Å². The number of benzene rings is 1. The first kappa shape index (κ1) is 15.5. The number of amides is 1. The van der Waals surface area contributed by atoms with Gasteiger partial charge in [0.1, 0.15) is 5.76 Å². The molecule has 2 aromatic rings. The third kappa shape index (κ3) is 2.93. The predicted molar refractivity (Wildman–Crippen MR) is 89.0 cm³/mol. The number of hydrogen-bond acceptors (Lipinski definition) is 3. The summed E-state index contributed by atoms with van der Waals surface area (Å²) in [6, 6.07) is 7.58. The SMILES string of the molecule is Cc1cccc(NC(=O)c2oc3c(c2C)C(=O)CC(C)(C)C3)c1. The number of hydrogen-bond donors (Lipinski definition) is 1. The summed E-state index contributed by atoms with van der Waals surface area (Å²) in [6.07, 6.45) is 1.16. The van der Waals surface area contributed by atoms with Crippen LogP contribution < -0.4 is 5.32 Å². The van der Waals surface area contributed by atoms with Gasteiger partial charge < -0.3 is 9.73 Å². The number of carbonyl (C=O) groups is 2. The molecule has 0 fully saturated rings. The Morgan fingerprint density at radius 1 is 1.22 bits per heavy atom. The lowest BCUT2D eigenvalue weighted by molar-refractivity contribution is 0.0898. The van der Waals surface area contributed by atoms with Crippen LogP contribution in [0.2, 0.25) is 0 Å². The molecular formula is C19H21NO3. The number of nitrogens with one attached hydrogen (secondary N) is 1. The van der Waals surface area contributed by atoms with Gasteiger partial charge >= 0.3 is 0 Å². The van der Waals surface area contributed by atoms with E-state index in [4.69, 9.17) is 4.42 Å². The zero-order valence-corrected chi connectivity index (χ0v) is 13.9. The predicted octanol–water partition coefficient (Wildman–Crippen LogP) is 4.30. The second kappa shape index (κ2) is 5.37. The maximum Gasteiger partial charge on any atom is 0.291 e. The summed E-state index contributed by atoms with van der Waals surface area (Å²) in [7, 11) is 0. The number of rotatable bonds is 2. The third-order valence-corrected chi connectivity index (χ3v) is 4.26. The number of anilines is 1. The normalized spacial score (nSPS) is 16.1. The van der Waals surface area contributed by atoms with Crippen LogP contribution in [-0.2, 0) is 6.42 Å². The van der Waals surface area contributed by atoms with E-state index < -0.39 is 0 Å². The van der Waals surface area contributed by atoms with Crippen molar-refractivity contribution >= 4 is 17.4 Å². The first-order chi connectivity index (χ1) is 10.8. The van der Waals surface area contributed by atoms with Crippen molar-refractivity contribution in [2.45, 2.75) is 40.5 Å². The van der Waals surface area contributed by atoms with E-state index in [1.54, 1.807) is 6.92 Å². The fraction of sp³-hybridized carbons (Fsp3) is 0.368. The van der Waals surface area contributed by atoms with Gasteiger partial charge in [0.15, 0.2) is 11.5 Å². The van der Waals surface area contributed by atoms with Crippen LogP contribution in [0.4, 0.5) is 5.69 Å². The van der Waals surface area contributed by atoms with Gasteiger partial charge in [0.2, 0.25) is 0 Å². The molecule has 0 unspecified atom stereocenters. The summed E-state index contributed by atoms with van der Waals surface area (Å²) in [6.45, 7) is 7.83. The summed E-state index contributed by atoms with van der Waals surface area (Å²) < 4.78 is 5.77. The van der Waals surface area contributed by atoms with Crippen LogP contribution in [0, 0.1) is 19.3 Å². The van der Waals surface area contributed by atoms with E-state index in [0.717, 1.165) is 11.3 Å². The van der Waals surface area contributed by atoms with Crippen molar-refractivity contribution in [3.05, 3.63) is 52.5 Å². The van der Waals surface area contributed by atoms with E-state index in [2.05, 4.69) is 5.32 Å². The van der Waals surface area contributed by atoms with E-state index in [-0.39, 0.29) is 22.9 Å². The second-order valence-electron chi connectivity index (χ2n) is 7.12. The fourth-order valence-electron chi connectivity index (χ4n) is 3.21. The lowest BCUT2D eigenvalue weighted by Crippen LogP contribution is -2.26. The standard InChI is InChI=1S/C19H21NO3/c1-11-6-5-7-13(8-11)20-18(22)17-12(2)16-14(21)9-19(3,4)10-15(16)23-17/h5-8H,9-10H2,1-4H3,(H,20,22). The Morgan fingerprint density at radius 2 is 1.96 bits per heavy atom. The number of aryl methyl sites for hydroxylation is 1. The Labute approximate surface area is 135 Å². The first-order valence-corrected chi connectivity index (χ1v) is 7.80. The molecule has 1 aliphatic carbocycles. The average molecular weight is 311 g/mol. The van der Waals surface area contributed by atoms with Gasteiger partial charge in [-0.15, -0.1) is 0 Å². The Kier molecular flexibility index (Phi) is 3.63. The molecule has 0 atom stereocenters. The highest BCUT2D eigenvalue weighted by Crippen LogP contribution is 2.38. The zero-order chi connectivity index (χ0) is 16.8. The van der Waals surface area contributed by atoms with Gasteiger partial charge in [-0.3, -0.25) is 9.59 Å². The minimum atomic E-state index is -0.312. The molecule has 1 heterocycles. The molecule has 1 aliphatic rings. The Balaban J connectivity index is 1.92. The molecule has 1 aromatic carbocycles. The molecule has 0 spiro atoms. The van der Waals surface area contributed by atoms with Gasteiger partial charge in [-0.2, -0.15) is 0 Å². The number of carbonyl (C=O) groups excluding carboxylic acids is 2. The van der Waals surface area contributed by atoms with Crippen LogP contribution in [0.25, 0.3) is 0 Å². The Morgan fingerprint density at radius 3 is 2.65 bits per heavy atom. The summed E-state index contributed by atoms with van der Waals surface area (Å²) in [4.78, 5) is 24.9. The average Bonchev–Trinajstić information content (AvgIpc) is 2.74. The molecule has 1 N–H and O–H groups in total. The van der Waals surface area contributed by atoms with Crippen molar-refractivity contribution in [3.63, 3.8) is 0 Å². The maximum absolute atomic E-state index is 12.5. The first-order valence-electron chi connectivity index (χ1n) is 7.80. The topological polar surface area (TPSA) is 59.3 Å². The highest BCUT2D eigenvalue weighted by atomic mass is 16.4. The van der Waals surface area contributed by atoms with E-state index in [0.29, 0.717) is 29.7 Å². The second-order valence-corrected chi connectivity index (χ2v) is 7.12. The molecule has 120 valence electrons. The van der Waals surface area contributed by atoms with Crippen LogP contribution in [0.1, 0.15) is 58.1 Å². The van der Waals surface area contributed by atoms with Crippen molar-refractivity contribution in [2.24, 2.45) is 5.41 Å². The molecule has 3 rings (SSSR count). The maximum atomic E-state index is 12.5. The number of fused-ring (bicyclic) bond motifs is 1. The largest absolute Gasteiger partial charge is 0.455 e. The van der Waals surface area contributed by atoms with Crippen molar-refractivity contribution in [3.8, 4) is 0 Å². The Bertz CT molecular complexity index is 799. The van der Waals surface area contributed by atoms with Crippen molar-refractivity contribution in [2.75, 3.05) is 5.32 Å². The molecule has 0 saturated heterocycles. The minimum absolute atomic E-state index is 0.0621. The monoisotopic (exact) mass is 311 g/mol. The van der Waals surface area contributed by atoms with Crippen molar-refractivity contribution < 1.29 is 14.0 Å². The van der Waals surface area contributed by atoms with Crippen molar-refractivity contribution in [1.29, 1.82) is 0 Å². The molecule has 1 aromatic heterocycles. The van der Waals surface area contributed by atoms with E-state index in [1.807, 2.05) is 45.0 Å². The fourth-order valence-corrected chi connectivity index (χ4v) is 3.21. The van der Waals surface area contributed by atoms with Crippen LogP contribution >= 0.6 is 0 Å². The Hall–Kier alpha value is -2.36. The molecule has 4 heteroatoms. The van der Waals surface area contributed by atoms with Gasteiger partial charge in [-0.25, -0.2) is 0 Å². The molecule has 0 bridgehead atoms. The zero-order valence-electron chi connectivity index (χ0n) is 13.9. The molecule has 1 amide bonds. The van der Waals surface area contributed by atoms with Gasteiger partial charge in [-0.1, -0.05) is 26.0 Å². The van der Waals surface area contributed by atoms with E-state index in [1.165, 1.54) is 0 Å². The highest BCUT2D eigenvalue weighted by Gasteiger charge is 2.37. The quantitative estimate of drug-likeness (QED) is 0.899. The van der Waals surface area contributed by atoms with Gasteiger partial charge in [0.05, 0.1) is 5.56 Å². The van der Waals surface area contributed by atoms with Crippen LogP contribution in [0.15, 0.2) is 28.7 Å². The third-order valence-electron chi connectivity index (χ3n) is 4.26. The van der Waals surface area contributed by atoms with Crippen LogP contribution in [-0.4, -0.2) is 11.7 Å². The van der Waals surface area contributed by atoms with Gasteiger partial charge in [0.25, 0.3) is 5.91 Å². The molecule has 0 saturated carbocycles. The van der Waals surface area contributed by atoms with Gasteiger partial charge in [-0.05, 0) is 37.0 Å². The summed E-state index contributed by atoms with van der Waals surface area (Å²) in [5, 5.41) is 2.84. The van der Waals surface area contributed by atoms with Gasteiger partial charge in [0, 0.05) is 24.1 Å². The summed E-state index contributed by atoms with van der Waals surface area (Å²) in [5.74, 6) is 0.626. The minimum Gasteiger partial charge on any atom is -0.455 e. The molecular weight excluding hydrogens is 290 g/mol. The number of furan rings is 1. The number of ketones is 1. The lowest BCUT2D eigenvalue weighted by atomic mass is 9.76. The van der Waals surface area contributed by atoms with E-state index in [9.17, 15) is 9.59 Å². The number of Topliss-reactive ketones (excluding diaryl/α,β-unsaturated/α-hetero) is 1. The lowest BCUT2D eigenvalue weighted by Gasteiger charge is -2.27. The highest BCUT2D eigenvalue weighted by molar-refractivity contribution is 6.07. The van der Waals surface area contributed by atoms with E-state index >= 15 is 0 Å². The summed E-state index contributed by atoms with van der Waals surface area (Å²) in [5.41, 5.74) is 2.90.